The summed E-state index contributed by atoms with van der Waals surface area (Å²) in [5, 5.41) is 2.93. The lowest BCUT2D eigenvalue weighted by Crippen LogP contribution is -2.33. The molecular weight excluding hydrogens is 230 g/mol. The van der Waals surface area contributed by atoms with Crippen LogP contribution in [-0.4, -0.2) is 5.80 Å². The fourth-order valence-corrected chi connectivity index (χ4v) is 4.08. The Morgan fingerprint density at radius 3 is 2.31 bits per heavy atom. The Morgan fingerprint density at radius 2 is 1.75 bits per heavy atom. The lowest BCUT2D eigenvalue weighted by atomic mass is 9.69. The van der Waals surface area contributed by atoms with Crippen molar-refractivity contribution in [1.29, 1.82) is 0 Å². The summed E-state index contributed by atoms with van der Waals surface area (Å²) in [5.74, 6) is 4.65. The van der Waals surface area contributed by atoms with Gasteiger partial charge in [-0.25, -0.2) is 0 Å². The Balaban J connectivity index is 2.41. The molecule has 0 spiro atoms. The highest BCUT2D eigenvalue weighted by atomic mass is 31.1. The maximum atomic E-state index is 2.46. The molecule has 0 saturated heterocycles. The van der Waals surface area contributed by atoms with Crippen LogP contribution in [0.5, 0.6) is 0 Å². The lowest BCUT2D eigenvalue weighted by molar-refractivity contribution is 0.269. The van der Waals surface area contributed by atoms with Gasteiger partial charge in [-0.1, -0.05) is 62.3 Å². The molecule has 0 saturated carbocycles. The topological polar surface area (TPSA) is 0 Å². The summed E-state index contributed by atoms with van der Waals surface area (Å²) >= 11 is 0. The van der Waals surface area contributed by atoms with E-state index < -0.39 is 0 Å². The van der Waals surface area contributed by atoms with Crippen molar-refractivity contribution in [2.75, 3.05) is 0 Å². The SMILES string of the molecule is CC1(C)C=PC(c2ccccp2)=CC1(C)C. The summed E-state index contributed by atoms with van der Waals surface area (Å²) in [6, 6.07) is 6.49. The third-order valence-corrected chi connectivity index (χ3v) is 6.20. The van der Waals surface area contributed by atoms with Crippen molar-refractivity contribution >= 4 is 27.5 Å². The predicted molar refractivity (Wildman–Crippen MR) is 77.5 cm³/mol. The quantitative estimate of drug-likeness (QED) is 0.582. The summed E-state index contributed by atoms with van der Waals surface area (Å²) in [6.45, 7) is 9.31. The van der Waals surface area contributed by atoms with E-state index in [0.29, 0.717) is 0 Å². The summed E-state index contributed by atoms with van der Waals surface area (Å²) in [6.07, 6.45) is 2.46. The zero-order valence-electron chi connectivity index (χ0n) is 10.4. The van der Waals surface area contributed by atoms with Crippen molar-refractivity contribution in [1.82, 2.24) is 0 Å². The van der Waals surface area contributed by atoms with Gasteiger partial charge in [-0.15, -0.1) is 0 Å². The molecule has 16 heavy (non-hydrogen) atoms. The van der Waals surface area contributed by atoms with Gasteiger partial charge in [-0.05, 0) is 28.5 Å². The Kier molecular flexibility index (Phi) is 3.08. The minimum atomic E-state index is 0.241. The number of hydrogen-bond donors (Lipinski definition) is 0. The van der Waals surface area contributed by atoms with Crippen LogP contribution in [0.3, 0.4) is 0 Å². The van der Waals surface area contributed by atoms with Crippen molar-refractivity contribution in [3.8, 4) is 0 Å². The molecule has 2 heterocycles. The summed E-state index contributed by atoms with van der Waals surface area (Å²) in [4.78, 5) is 0. The van der Waals surface area contributed by atoms with Crippen molar-refractivity contribution < 1.29 is 0 Å². The third kappa shape index (κ3) is 2.15. The minimum absolute atomic E-state index is 0.241. The van der Waals surface area contributed by atoms with Crippen LogP contribution in [0.25, 0.3) is 5.31 Å². The Morgan fingerprint density at radius 1 is 1.00 bits per heavy atom. The molecule has 84 valence electrons. The largest absolute Gasteiger partial charge is 0.0716 e. The molecule has 0 atom stereocenters. The molecule has 0 unspecified atom stereocenters. The molecule has 0 aliphatic carbocycles. The van der Waals surface area contributed by atoms with Crippen LogP contribution in [0.2, 0.25) is 0 Å². The van der Waals surface area contributed by atoms with E-state index in [1.165, 1.54) is 27.0 Å². The van der Waals surface area contributed by atoms with E-state index in [1.807, 2.05) is 0 Å². The molecule has 0 amide bonds. The first-order valence-corrected chi connectivity index (χ1v) is 7.55. The molecule has 1 aliphatic rings. The van der Waals surface area contributed by atoms with E-state index in [2.05, 4.69) is 63.6 Å². The number of allylic oxidation sites excluding steroid dienone is 1. The molecular formula is C14H18P2. The zero-order chi connectivity index (χ0) is 11.8. The van der Waals surface area contributed by atoms with Crippen molar-refractivity contribution in [3.05, 3.63) is 35.4 Å². The van der Waals surface area contributed by atoms with Gasteiger partial charge in [0.05, 0.1) is 0 Å². The molecule has 0 aromatic carbocycles. The molecule has 2 rings (SSSR count). The third-order valence-electron chi connectivity index (χ3n) is 3.61. The molecule has 0 bridgehead atoms. The van der Waals surface area contributed by atoms with Crippen LogP contribution in [0.15, 0.2) is 30.1 Å². The highest BCUT2D eigenvalue weighted by Gasteiger charge is 2.35. The van der Waals surface area contributed by atoms with Crippen LogP contribution >= 0.6 is 16.4 Å². The van der Waals surface area contributed by atoms with Crippen LogP contribution in [0, 0.1) is 10.8 Å². The van der Waals surface area contributed by atoms with Gasteiger partial charge in [-0.2, -0.15) is 0 Å². The lowest BCUT2D eigenvalue weighted by Gasteiger charge is -2.39. The Bertz CT molecular complexity index is 439. The van der Waals surface area contributed by atoms with Gasteiger partial charge in [-0.3, -0.25) is 0 Å². The first-order valence-electron chi connectivity index (χ1n) is 5.62. The van der Waals surface area contributed by atoms with E-state index in [0.717, 1.165) is 0 Å². The van der Waals surface area contributed by atoms with Crippen LogP contribution in [-0.2, 0) is 0 Å². The van der Waals surface area contributed by atoms with E-state index in [1.54, 1.807) is 0 Å². The zero-order valence-corrected chi connectivity index (χ0v) is 12.1. The van der Waals surface area contributed by atoms with Crippen LogP contribution in [0.4, 0.5) is 0 Å². The monoisotopic (exact) mass is 248 g/mol. The number of rotatable bonds is 1. The fourth-order valence-electron chi connectivity index (χ4n) is 1.62. The average Bonchev–Trinajstić information content (AvgIpc) is 2.23. The summed E-state index contributed by atoms with van der Waals surface area (Å²) in [5.41, 5.74) is 0.523. The first-order chi connectivity index (χ1) is 7.42. The maximum Gasteiger partial charge on any atom is 0.0133 e. The summed E-state index contributed by atoms with van der Waals surface area (Å²) in [7, 11) is 2.70. The van der Waals surface area contributed by atoms with Gasteiger partial charge >= 0.3 is 0 Å². The molecule has 0 fully saturated rings. The van der Waals surface area contributed by atoms with Gasteiger partial charge < -0.3 is 0 Å². The van der Waals surface area contributed by atoms with Gasteiger partial charge in [0.25, 0.3) is 0 Å². The van der Waals surface area contributed by atoms with E-state index >= 15 is 0 Å². The smallest absolute Gasteiger partial charge is 0.0133 e. The standard InChI is InChI=1S/C14H18P2/c1-13(2)9-12(16-10-14(13,3)4)11-7-5-6-8-15-11/h5-10H,1-4H3. The Labute approximate surface area is 102 Å². The second-order valence-corrected chi connectivity index (χ2v) is 7.48. The molecule has 1 aromatic rings. The molecule has 0 radical (unpaired) electrons. The predicted octanol–water partition coefficient (Wildman–Crippen LogP) is 5.42. The molecule has 0 N–H and O–H groups in total. The molecule has 2 heteroatoms. The first kappa shape index (κ1) is 12.0. The van der Waals surface area contributed by atoms with E-state index in [-0.39, 0.29) is 10.8 Å². The van der Waals surface area contributed by atoms with Crippen molar-refractivity contribution in [2.24, 2.45) is 10.8 Å². The second-order valence-electron chi connectivity index (χ2n) is 5.45. The second kappa shape index (κ2) is 4.10. The summed E-state index contributed by atoms with van der Waals surface area (Å²) < 4.78 is 0. The van der Waals surface area contributed by atoms with Crippen LogP contribution in [0.1, 0.15) is 33.0 Å². The maximum absolute atomic E-state index is 2.46. The average molecular weight is 248 g/mol. The molecule has 1 aromatic heterocycles. The number of hydrogen-bond acceptors (Lipinski definition) is 0. The van der Waals surface area contributed by atoms with Gasteiger partial charge in [0.15, 0.2) is 0 Å². The van der Waals surface area contributed by atoms with Crippen molar-refractivity contribution in [3.63, 3.8) is 0 Å². The normalized spacial score (nSPS) is 23.1. The molecule has 1 aliphatic heterocycles. The highest BCUT2D eigenvalue weighted by molar-refractivity contribution is 7.52. The molecule has 0 nitrogen and oxygen atoms in total. The minimum Gasteiger partial charge on any atom is -0.0716 e. The van der Waals surface area contributed by atoms with E-state index in [9.17, 15) is 0 Å². The van der Waals surface area contributed by atoms with E-state index in [4.69, 9.17) is 0 Å². The van der Waals surface area contributed by atoms with Gasteiger partial charge in [0.2, 0.25) is 0 Å². The van der Waals surface area contributed by atoms with Crippen LogP contribution < -0.4 is 0 Å². The van der Waals surface area contributed by atoms with Crippen molar-refractivity contribution in [2.45, 2.75) is 27.7 Å². The highest BCUT2D eigenvalue weighted by Crippen LogP contribution is 2.48. The Hall–Kier alpha value is -0.440. The van der Waals surface area contributed by atoms with Gasteiger partial charge in [0.1, 0.15) is 0 Å². The fraction of sp³-hybridized carbons (Fsp3) is 0.429. The van der Waals surface area contributed by atoms with Gasteiger partial charge in [0, 0.05) is 10.6 Å².